The van der Waals surface area contributed by atoms with Crippen LogP contribution >= 0.6 is 0 Å². The van der Waals surface area contributed by atoms with E-state index in [-0.39, 0.29) is 17.8 Å². The summed E-state index contributed by atoms with van der Waals surface area (Å²) >= 11 is 0. The van der Waals surface area contributed by atoms with Crippen molar-refractivity contribution < 1.29 is 28.9 Å². The van der Waals surface area contributed by atoms with Crippen LogP contribution in [-0.2, 0) is 14.3 Å². The van der Waals surface area contributed by atoms with Crippen molar-refractivity contribution in [2.75, 3.05) is 19.8 Å². The average molecular weight is 755 g/mol. The van der Waals surface area contributed by atoms with Crippen LogP contribution in [0.1, 0.15) is 107 Å². The maximum absolute atomic E-state index is 12.6. The van der Waals surface area contributed by atoms with E-state index in [1.54, 1.807) is 12.1 Å². The van der Waals surface area contributed by atoms with Crippen LogP contribution in [-0.4, -0.2) is 36.9 Å². The Morgan fingerprint density at radius 1 is 0.661 bits per heavy atom. The molecule has 0 heterocycles. The Labute approximate surface area is 332 Å². The third-order valence-corrected chi connectivity index (χ3v) is 10.1. The lowest BCUT2D eigenvalue weighted by Gasteiger charge is -2.20. The zero-order chi connectivity index (χ0) is 40.2. The summed E-state index contributed by atoms with van der Waals surface area (Å²) in [5.74, 6) is 1.69. The molecule has 2 atom stereocenters. The van der Waals surface area contributed by atoms with Gasteiger partial charge in [0.25, 0.3) is 0 Å². The van der Waals surface area contributed by atoms with Crippen molar-refractivity contribution in [2.24, 2.45) is 23.7 Å². The van der Waals surface area contributed by atoms with Gasteiger partial charge < -0.3 is 19.3 Å². The van der Waals surface area contributed by atoms with Gasteiger partial charge in [-0.3, -0.25) is 9.59 Å². The normalized spacial score (nSPS) is 14.4. The highest BCUT2D eigenvalue weighted by molar-refractivity contribution is 5.81. The van der Waals surface area contributed by atoms with E-state index < -0.39 is 11.9 Å². The molecule has 2 saturated carbocycles. The maximum Gasteiger partial charge on any atom is 0.313 e. The van der Waals surface area contributed by atoms with E-state index >= 15 is 0 Å². The number of carboxylic acid groups (broad SMARTS) is 1. The number of esters is 1. The Bertz CT molecular complexity index is 2010. The summed E-state index contributed by atoms with van der Waals surface area (Å²) in [6.07, 6.45) is 6.19. The molecule has 1 N–H and O–H groups in total. The van der Waals surface area contributed by atoms with E-state index in [9.17, 15) is 14.7 Å². The minimum atomic E-state index is -0.805. The Kier molecular flexibility index (Phi) is 14.7. The SMILES string of the molecule is CC(C)CC(C(=O)O)c1ccc(OCC2CC2)c(-c2ccc(C#N)cc2)c1.CCOC(=O)C(CC(C)C)c1ccc(OCC2CC2)c(-c2ccc(C#N)cc2)c1. The molecule has 4 aromatic carbocycles. The Hall–Kier alpha value is -5.60. The molecule has 6 rings (SSSR count). The quantitative estimate of drug-likeness (QED) is 0.105. The third-order valence-electron chi connectivity index (χ3n) is 10.1. The van der Waals surface area contributed by atoms with Crippen molar-refractivity contribution in [1.29, 1.82) is 10.5 Å². The summed E-state index contributed by atoms with van der Waals surface area (Å²) in [6.45, 7) is 11.9. The molecular formula is C48H54N2O6. The Morgan fingerprint density at radius 2 is 1.07 bits per heavy atom. The maximum atomic E-state index is 12.6. The number of carboxylic acids is 1. The van der Waals surface area contributed by atoms with Crippen LogP contribution < -0.4 is 9.47 Å². The number of rotatable bonds is 17. The van der Waals surface area contributed by atoms with Gasteiger partial charge in [0.1, 0.15) is 11.5 Å². The number of aliphatic carboxylic acids is 1. The minimum Gasteiger partial charge on any atom is -0.493 e. The van der Waals surface area contributed by atoms with Crippen LogP contribution in [0.2, 0.25) is 0 Å². The lowest BCUT2D eigenvalue weighted by molar-refractivity contribution is -0.145. The number of benzene rings is 4. The summed E-state index contributed by atoms with van der Waals surface area (Å²) in [7, 11) is 0. The molecule has 292 valence electrons. The summed E-state index contributed by atoms with van der Waals surface area (Å²) < 4.78 is 17.5. The van der Waals surface area contributed by atoms with Crippen molar-refractivity contribution >= 4 is 11.9 Å². The van der Waals surface area contributed by atoms with E-state index in [1.807, 2.05) is 93.6 Å². The van der Waals surface area contributed by atoms with Crippen LogP contribution in [0.4, 0.5) is 0 Å². The van der Waals surface area contributed by atoms with E-state index in [1.165, 1.54) is 25.7 Å². The topological polar surface area (TPSA) is 130 Å². The molecule has 0 amide bonds. The molecule has 2 unspecified atom stereocenters. The summed E-state index contributed by atoms with van der Waals surface area (Å²) in [6, 6.07) is 30.8. The van der Waals surface area contributed by atoms with Gasteiger partial charge in [0.05, 0.1) is 54.9 Å². The van der Waals surface area contributed by atoms with Crippen molar-refractivity contribution in [2.45, 2.75) is 85.0 Å². The van der Waals surface area contributed by atoms with Crippen molar-refractivity contribution in [3.8, 4) is 45.9 Å². The fraction of sp³-hybridized carbons (Fsp3) is 0.417. The molecule has 0 aromatic heterocycles. The van der Waals surface area contributed by atoms with Gasteiger partial charge in [-0.2, -0.15) is 10.5 Å². The zero-order valence-electron chi connectivity index (χ0n) is 33.3. The second kappa shape index (κ2) is 19.8. The van der Waals surface area contributed by atoms with Gasteiger partial charge in [-0.1, -0.05) is 64.1 Å². The highest BCUT2D eigenvalue weighted by atomic mass is 16.5. The van der Waals surface area contributed by atoms with Crippen LogP contribution in [0, 0.1) is 46.3 Å². The first-order chi connectivity index (χ1) is 27.0. The molecule has 8 nitrogen and oxygen atoms in total. The molecule has 2 aliphatic rings. The van der Waals surface area contributed by atoms with Crippen LogP contribution in [0.3, 0.4) is 0 Å². The van der Waals surface area contributed by atoms with Crippen LogP contribution in [0.25, 0.3) is 22.3 Å². The predicted octanol–water partition coefficient (Wildman–Crippen LogP) is 10.9. The molecular weight excluding hydrogens is 701 g/mol. The number of hydrogen-bond acceptors (Lipinski definition) is 7. The zero-order valence-corrected chi connectivity index (χ0v) is 33.3. The molecule has 0 radical (unpaired) electrons. The fourth-order valence-electron chi connectivity index (χ4n) is 6.60. The smallest absolute Gasteiger partial charge is 0.313 e. The van der Waals surface area contributed by atoms with Crippen molar-refractivity contribution in [3.05, 3.63) is 107 Å². The third kappa shape index (κ3) is 11.9. The molecule has 0 aliphatic heterocycles. The molecule has 0 saturated heterocycles. The fourth-order valence-corrected chi connectivity index (χ4v) is 6.60. The number of ether oxygens (including phenoxy) is 3. The standard InChI is InChI=1S/C25H29NO3.C23H25NO3/c1-4-28-25(27)23(13-17(2)3)21-11-12-24(29-16-19-5-6-19)22(14-21)20-9-7-18(15-26)8-10-20;1-15(2)11-21(23(25)26)19-9-10-22(27-14-17-3-4-17)20(12-19)18-7-5-16(13-24)6-8-18/h7-12,14,17,19,23H,4-6,13,16H2,1-3H3;5-10,12,15,17,21H,3-4,11,14H2,1-2H3,(H,25,26). The lowest BCUT2D eigenvalue weighted by atomic mass is 9.88. The van der Waals surface area contributed by atoms with Gasteiger partial charge in [0.15, 0.2) is 0 Å². The molecule has 4 aromatic rings. The van der Waals surface area contributed by atoms with Crippen molar-refractivity contribution in [1.82, 2.24) is 0 Å². The Morgan fingerprint density at radius 3 is 1.43 bits per heavy atom. The second-order valence-electron chi connectivity index (χ2n) is 15.9. The number of carbonyl (C=O) groups is 2. The molecule has 0 spiro atoms. The number of nitrogens with zero attached hydrogens (tertiary/aromatic N) is 2. The second-order valence-corrected chi connectivity index (χ2v) is 15.9. The van der Waals surface area contributed by atoms with E-state index in [0.717, 1.165) is 57.9 Å². The van der Waals surface area contributed by atoms with Gasteiger partial charge in [0, 0.05) is 11.1 Å². The van der Waals surface area contributed by atoms with Crippen LogP contribution in [0.15, 0.2) is 84.9 Å². The van der Waals surface area contributed by atoms with Gasteiger partial charge in [-0.05, 0) is 140 Å². The lowest BCUT2D eigenvalue weighted by Crippen LogP contribution is -2.18. The number of carbonyl (C=O) groups excluding carboxylic acids is 1. The molecule has 2 fully saturated rings. The first-order valence-corrected chi connectivity index (χ1v) is 19.9. The Balaban J connectivity index is 0.000000215. The highest BCUT2D eigenvalue weighted by Crippen LogP contribution is 2.39. The summed E-state index contributed by atoms with van der Waals surface area (Å²) in [5, 5.41) is 27.8. The average Bonchev–Trinajstić information content (AvgIpc) is 4.14. The molecule has 0 bridgehead atoms. The first kappa shape index (κ1) is 41.6. The van der Waals surface area contributed by atoms with Gasteiger partial charge in [0.2, 0.25) is 0 Å². The summed E-state index contributed by atoms with van der Waals surface area (Å²) in [4.78, 5) is 24.4. The number of nitriles is 2. The highest BCUT2D eigenvalue weighted by Gasteiger charge is 2.27. The van der Waals surface area contributed by atoms with Gasteiger partial charge in [-0.15, -0.1) is 0 Å². The van der Waals surface area contributed by atoms with E-state index in [2.05, 4.69) is 26.0 Å². The predicted molar refractivity (Wildman–Crippen MR) is 218 cm³/mol. The minimum absolute atomic E-state index is 0.182. The van der Waals surface area contributed by atoms with Crippen LogP contribution in [0.5, 0.6) is 11.5 Å². The van der Waals surface area contributed by atoms with E-state index in [4.69, 9.17) is 24.7 Å². The molecule has 8 heteroatoms. The number of hydrogen-bond donors (Lipinski definition) is 1. The van der Waals surface area contributed by atoms with Gasteiger partial charge >= 0.3 is 11.9 Å². The monoisotopic (exact) mass is 754 g/mol. The molecule has 2 aliphatic carbocycles. The van der Waals surface area contributed by atoms with Gasteiger partial charge in [-0.25, -0.2) is 0 Å². The van der Waals surface area contributed by atoms with Crippen molar-refractivity contribution in [3.63, 3.8) is 0 Å². The molecule has 56 heavy (non-hydrogen) atoms. The first-order valence-electron chi connectivity index (χ1n) is 19.9. The largest absolute Gasteiger partial charge is 0.493 e. The summed E-state index contributed by atoms with van der Waals surface area (Å²) in [5.41, 5.74) is 6.68. The van der Waals surface area contributed by atoms with E-state index in [0.29, 0.717) is 48.5 Å².